The smallest absolute Gasteiger partial charge is 0.258 e. The van der Waals surface area contributed by atoms with Crippen LogP contribution in [0.1, 0.15) is 15.9 Å². The highest BCUT2D eigenvalue weighted by Crippen LogP contribution is 2.19. The van der Waals surface area contributed by atoms with E-state index in [2.05, 4.69) is 0 Å². The van der Waals surface area contributed by atoms with Gasteiger partial charge in [-0.25, -0.2) is 4.39 Å². The molecule has 0 aliphatic heterocycles. The lowest BCUT2D eigenvalue weighted by molar-refractivity contribution is 0.0992. The fraction of sp³-hybridized carbons (Fsp3) is 0.133. The second-order valence-electron chi connectivity index (χ2n) is 4.22. The highest BCUT2D eigenvalue weighted by Gasteiger charge is 2.15. The van der Waals surface area contributed by atoms with Gasteiger partial charge in [0.05, 0.1) is 5.69 Å². The van der Waals surface area contributed by atoms with Gasteiger partial charge in [-0.2, -0.15) is 0 Å². The molecular formula is C15H15FN2O. The number of para-hydroxylation sites is 1. The van der Waals surface area contributed by atoms with Crippen molar-refractivity contribution < 1.29 is 9.18 Å². The minimum atomic E-state index is -0.420. The Morgan fingerprint density at radius 2 is 1.79 bits per heavy atom. The van der Waals surface area contributed by atoms with E-state index in [1.165, 1.54) is 11.0 Å². The number of carbonyl (C=O) groups is 1. The maximum Gasteiger partial charge on any atom is 0.258 e. The summed E-state index contributed by atoms with van der Waals surface area (Å²) in [5, 5.41) is 0. The molecule has 0 unspecified atom stereocenters. The van der Waals surface area contributed by atoms with E-state index in [0.717, 1.165) is 5.56 Å². The van der Waals surface area contributed by atoms with Crippen LogP contribution in [-0.4, -0.2) is 13.0 Å². The van der Waals surface area contributed by atoms with E-state index in [0.29, 0.717) is 12.1 Å². The number of hydrogen-bond acceptors (Lipinski definition) is 2. The van der Waals surface area contributed by atoms with Gasteiger partial charge in [0.2, 0.25) is 0 Å². The summed E-state index contributed by atoms with van der Waals surface area (Å²) in [4.78, 5) is 13.5. The Morgan fingerprint density at radius 1 is 1.16 bits per heavy atom. The number of amides is 1. The molecule has 2 rings (SSSR count). The molecule has 0 spiro atoms. The molecule has 0 aliphatic rings. The van der Waals surface area contributed by atoms with Crippen molar-refractivity contribution in [2.45, 2.75) is 6.54 Å². The van der Waals surface area contributed by atoms with Crippen molar-refractivity contribution in [3.8, 4) is 0 Å². The summed E-state index contributed by atoms with van der Waals surface area (Å²) in [6, 6.07) is 13.2. The Hall–Kier alpha value is -2.20. The Morgan fingerprint density at radius 3 is 2.37 bits per heavy atom. The van der Waals surface area contributed by atoms with E-state index < -0.39 is 5.82 Å². The molecule has 0 saturated heterocycles. The molecule has 0 bridgehead atoms. The predicted molar refractivity (Wildman–Crippen MR) is 73.5 cm³/mol. The topological polar surface area (TPSA) is 46.3 Å². The van der Waals surface area contributed by atoms with E-state index in [4.69, 9.17) is 5.73 Å². The molecule has 19 heavy (non-hydrogen) atoms. The second-order valence-corrected chi connectivity index (χ2v) is 4.22. The Balaban J connectivity index is 2.26. The molecule has 0 atom stereocenters. The van der Waals surface area contributed by atoms with Crippen LogP contribution in [0.4, 0.5) is 10.1 Å². The number of halogens is 1. The minimum Gasteiger partial charge on any atom is -0.326 e. The first-order valence-corrected chi connectivity index (χ1v) is 5.95. The summed E-state index contributed by atoms with van der Waals surface area (Å²) in [7, 11) is 1.55. The number of benzene rings is 2. The molecule has 2 aromatic carbocycles. The van der Waals surface area contributed by atoms with Gasteiger partial charge in [0, 0.05) is 19.2 Å². The first-order valence-electron chi connectivity index (χ1n) is 5.95. The summed E-state index contributed by atoms with van der Waals surface area (Å²) in [5.74, 6) is -0.675. The average Bonchev–Trinajstić information content (AvgIpc) is 2.46. The van der Waals surface area contributed by atoms with E-state index in [1.54, 1.807) is 49.5 Å². The van der Waals surface area contributed by atoms with Crippen LogP contribution in [0, 0.1) is 5.82 Å². The van der Waals surface area contributed by atoms with Crippen LogP contribution in [-0.2, 0) is 6.54 Å². The molecule has 0 radical (unpaired) electrons. The van der Waals surface area contributed by atoms with Crippen molar-refractivity contribution in [3.05, 3.63) is 65.5 Å². The molecule has 0 saturated carbocycles. The third-order valence-electron chi connectivity index (χ3n) is 2.96. The fourth-order valence-electron chi connectivity index (χ4n) is 1.81. The van der Waals surface area contributed by atoms with Crippen molar-refractivity contribution in [2.24, 2.45) is 5.73 Å². The lowest BCUT2D eigenvalue weighted by Crippen LogP contribution is -2.27. The molecule has 98 valence electrons. The van der Waals surface area contributed by atoms with Crippen LogP contribution in [0.3, 0.4) is 0 Å². The highest BCUT2D eigenvalue weighted by molar-refractivity contribution is 6.05. The number of nitrogens with zero attached hydrogens (tertiary/aromatic N) is 1. The number of carbonyl (C=O) groups excluding carboxylic acids is 1. The first-order chi connectivity index (χ1) is 9.13. The van der Waals surface area contributed by atoms with Crippen LogP contribution < -0.4 is 10.6 Å². The molecule has 0 fully saturated rings. The van der Waals surface area contributed by atoms with Crippen molar-refractivity contribution in [3.63, 3.8) is 0 Å². The van der Waals surface area contributed by atoms with Gasteiger partial charge >= 0.3 is 0 Å². The molecule has 0 heterocycles. The SMILES string of the molecule is CN(C(=O)c1ccc(CN)cc1)c1ccccc1F. The second kappa shape index (κ2) is 5.63. The maximum absolute atomic E-state index is 13.6. The summed E-state index contributed by atoms with van der Waals surface area (Å²) >= 11 is 0. The normalized spacial score (nSPS) is 10.3. The number of anilines is 1. The minimum absolute atomic E-state index is 0.256. The zero-order valence-electron chi connectivity index (χ0n) is 10.6. The lowest BCUT2D eigenvalue weighted by Gasteiger charge is -2.18. The largest absolute Gasteiger partial charge is 0.326 e. The van der Waals surface area contributed by atoms with E-state index >= 15 is 0 Å². The molecule has 0 aromatic heterocycles. The fourth-order valence-corrected chi connectivity index (χ4v) is 1.81. The Bertz CT molecular complexity index is 581. The third-order valence-corrected chi connectivity index (χ3v) is 2.96. The van der Waals surface area contributed by atoms with Gasteiger partial charge in [-0.1, -0.05) is 24.3 Å². The number of rotatable bonds is 3. The van der Waals surface area contributed by atoms with Gasteiger partial charge in [-0.05, 0) is 29.8 Å². The zero-order chi connectivity index (χ0) is 13.8. The van der Waals surface area contributed by atoms with Crippen molar-refractivity contribution >= 4 is 11.6 Å². The predicted octanol–water partition coefficient (Wildman–Crippen LogP) is 2.56. The average molecular weight is 258 g/mol. The summed E-state index contributed by atoms with van der Waals surface area (Å²) in [6.07, 6.45) is 0. The van der Waals surface area contributed by atoms with Gasteiger partial charge in [0.1, 0.15) is 5.82 Å². The lowest BCUT2D eigenvalue weighted by atomic mass is 10.1. The van der Waals surface area contributed by atoms with Gasteiger partial charge < -0.3 is 10.6 Å². The number of nitrogens with two attached hydrogens (primary N) is 1. The Kier molecular flexibility index (Phi) is 3.92. The van der Waals surface area contributed by atoms with Gasteiger partial charge in [0.25, 0.3) is 5.91 Å². The van der Waals surface area contributed by atoms with Gasteiger partial charge in [-0.3, -0.25) is 4.79 Å². The number of hydrogen-bond donors (Lipinski definition) is 1. The molecule has 4 heteroatoms. The quantitative estimate of drug-likeness (QED) is 0.919. The maximum atomic E-state index is 13.6. The van der Waals surface area contributed by atoms with Gasteiger partial charge in [-0.15, -0.1) is 0 Å². The van der Waals surface area contributed by atoms with Crippen LogP contribution in [0.15, 0.2) is 48.5 Å². The molecule has 3 nitrogen and oxygen atoms in total. The summed E-state index contributed by atoms with van der Waals surface area (Å²) in [5.41, 5.74) is 7.21. The van der Waals surface area contributed by atoms with E-state index in [1.807, 2.05) is 0 Å². The summed E-state index contributed by atoms with van der Waals surface area (Å²) < 4.78 is 13.6. The zero-order valence-corrected chi connectivity index (χ0v) is 10.6. The van der Waals surface area contributed by atoms with Crippen molar-refractivity contribution in [1.82, 2.24) is 0 Å². The molecule has 1 amide bonds. The summed E-state index contributed by atoms with van der Waals surface area (Å²) in [6.45, 7) is 0.428. The highest BCUT2D eigenvalue weighted by atomic mass is 19.1. The van der Waals surface area contributed by atoms with Crippen LogP contribution in [0.25, 0.3) is 0 Å². The van der Waals surface area contributed by atoms with E-state index in [9.17, 15) is 9.18 Å². The third kappa shape index (κ3) is 2.80. The van der Waals surface area contributed by atoms with E-state index in [-0.39, 0.29) is 11.6 Å². The Labute approximate surface area is 111 Å². The molecule has 0 aliphatic carbocycles. The van der Waals surface area contributed by atoms with Crippen molar-refractivity contribution in [1.29, 1.82) is 0 Å². The standard InChI is InChI=1S/C15H15FN2O/c1-18(14-5-3-2-4-13(14)16)15(19)12-8-6-11(10-17)7-9-12/h2-9H,10,17H2,1H3. The first kappa shape index (κ1) is 13.2. The molecular weight excluding hydrogens is 243 g/mol. The van der Waals surface area contributed by atoms with Gasteiger partial charge in [0.15, 0.2) is 0 Å². The monoisotopic (exact) mass is 258 g/mol. The van der Waals surface area contributed by atoms with Crippen LogP contribution in [0.5, 0.6) is 0 Å². The van der Waals surface area contributed by atoms with Crippen molar-refractivity contribution in [2.75, 3.05) is 11.9 Å². The van der Waals surface area contributed by atoms with Crippen LogP contribution in [0.2, 0.25) is 0 Å². The molecule has 2 N–H and O–H groups in total. The molecule has 2 aromatic rings. The van der Waals surface area contributed by atoms with Crippen LogP contribution >= 0.6 is 0 Å².